The highest BCUT2D eigenvalue weighted by atomic mass is 35.5. The van der Waals surface area contributed by atoms with E-state index in [2.05, 4.69) is 13.8 Å². The van der Waals surface area contributed by atoms with Crippen LogP contribution in [-0.4, -0.2) is 18.1 Å². The van der Waals surface area contributed by atoms with Crippen molar-refractivity contribution in [1.82, 2.24) is 0 Å². The molecule has 3 nitrogen and oxygen atoms in total. The molecule has 0 aliphatic carbocycles. The Labute approximate surface area is 92.8 Å². The van der Waals surface area contributed by atoms with E-state index in [1.165, 1.54) is 0 Å². The molecule has 0 saturated heterocycles. The quantitative estimate of drug-likeness (QED) is 0.727. The lowest BCUT2D eigenvalue weighted by molar-refractivity contribution is -0.150. The minimum absolute atomic E-state index is 0. The lowest BCUT2D eigenvalue weighted by Gasteiger charge is -2.19. The van der Waals surface area contributed by atoms with Crippen molar-refractivity contribution in [3.8, 4) is 0 Å². The summed E-state index contributed by atoms with van der Waals surface area (Å²) in [5.41, 5.74) is 4.70. The molecule has 0 rings (SSSR count). The standard InChI is InChI=1S/C10H21NO2.ClH/c1-5-8(6-2)7-13-9(12)10(3,4)11;/h8H,5-7,11H2,1-4H3;1H. The Morgan fingerprint density at radius 3 is 2.07 bits per heavy atom. The van der Waals surface area contributed by atoms with Crippen LogP contribution in [0.4, 0.5) is 0 Å². The maximum Gasteiger partial charge on any atom is 0.325 e. The summed E-state index contributed by atoms with van der Waals surface area (Å²) in [6, 6.07) is 0. The normalized spacial score (nSPS) is 11.0. The average Bonchev–Trinajstić information content (AvgIpc) is 2.04. The van der Waals surface area contributed by atoms with Crippen LogP contribution in [0.15, 0.2) is 0 Å². The van der Waals surface area contributed by atoms with Crippen molar-refractivity contribution in [3.05, 3.63) is 0 Å². The van der Waals surface area contributed by atoms with Crippen molar-refractivity contribution >= 4 is 18.4 Å². The second-order valence-electron chi connectivity index (χ2n) is 4.00. The fraction of sp³-hybridized carbons (Fsp3) is 0.900. The van der Waals surface area contributed by atoms with E-state index in [1.54, 1.807) is 13.8 Å². The Balaban J connectivity index is 0. The van der Waals surface area contributed by atoms with Gasteiger partial charge in [0, 0.05) is 0 Å². The number of esters is 1. The highest BCUT2D eigenvalue weighted by Gasteiger charge is 2.24. The second kappa shape index (κ2) is 7.07. The molecule has 0 bridgehead atoms. The topological polar surface area (TPSA) is 52.3 Å². The highest BCUT2D eigenvalue weighted by molar-refractivity contribution is 5.85. The zero-order valence-electron chi connectivity index (χ0n) is 9.50. The third-order valence-corrected chi connectivity index (χ3v) is 2.13. The van der Waals surface area contributed by atoms with Gasteiger partial charge in [0.25, 0.3) is 0 Å². The number of carbonyl (C=O) groups excluding carboxylic acids is 1. The van der Waals surface area contributed by atoms with Gasteiger partial charge in [0.2, 0.25) is 0 Å². The molecule has 0 radical (unpaired) electrons. The summed E-state index contributed by atoms with van der Waals surface area (Å²) in [7, 11) is 0. The minimum atomic E-state index is -0.869. The van der Waals surface area contributed by atoms with Crippen molar-refractivity contribution in [3.63, 3.8) is 0 Å². The summed E-state index contributed by atoms with van der Waals surface area (Å²) in [5, 5.41) is 0. The number of nitrogens with two attached hydrogens (primary N) is 1. The number of hydrogen-bond acceptors (Lipinski definition) is 3. The van der Waals surface area contributed by atoms with Gasteiger partial charge in [-0.1, -0.05) is 26.7 Å². The molecule has 4 heteroatoms. The smallest absolute Gasteiger partial charge is 0.325 e. The zero-order chi connectivity index (χ0) is 10.5. The van der Waals surface area contributed by atoms with Crippen molar-refractivity contribution in [2.45, 2.75) is 46.1 Å². The largest absolute Gasteiger partial charge is 0.464 e. The van der Waals surface area contributed by atoms with Gasteiger partial charge >= 0.3 is 5.97 Å². The van der Waals surface area contributed by atoms with Crippen LogP contribution in [0.2, 0.25) is 0 Å². The number of halogens is 1. The molecule has 2 N–H and O–H groups in total. The SMILES string of the molecule is CCC(CC)COC(=O)C(C)(C)N.Cl. The molecule has 0 unspecified atom stereocenters. The summed E-state index contributed by atoms with van der Waals surface area (Å²) in [6.45, 7) is 7.99. The van der Waals surface area contributed by atoms with Gasteiger partial charge in [-0.15, -0.1) is 12.4 Å². The molecule has 86 valence electrons. The van der Waals surface area contributed by atoms with E-state index >= 15 is 0 Å². The van der Waals surface area contributed by atoms with Gasteiger partial charge in [-0.25, -0.2) is 0 Å². The summed E-state index contributed by atoms with van der Waals surface area (Å²) >= 11 is 0. The maximum atomic E-state index is 11.3. The van der Waals surface area contributed by atoms with Gasteiger partial charge in [0.15, 0.2) is 0 Å². The third kappa shape index (κ3) is 6.22. The highest BCUT2D eigenvalue weighted by Crippen LogP contribution is 2.09. The first-order valence-corrected chi connectivity index (χ1v) is 4.87. The van der Waals surface area contributed by atoms with E-state index < -0.39 is 5.54 Å². The minimum Gasteiger partial charge on any atom is -0.464 e. The first-order valence-electron chi connectivity index (χ1n) is 4.87. The Morgan fingerprint density at radius 2 is 1.79 bits per heavy atom. The Hall–Kier alpha value is -0.280. The number of ether oxygens (including phenoxy) is 1. The van der Waals surface area contributed by atoms with Crippen LogP contribution in [0.3, 0.4) is 0 Å². The van der Waals surface area contributed by atoms with Crippen molar-refractivity contribution in [2.75, 3.05) is 6.61 Å². The number of hydrogen-bond donors (Lipinski definition) is 1. The maximum absolute atomic E-state index is 11.3. The molecule has 0 aliphatic heterocycles. The van der Waals surface area contributed by atoms with Crippen LogP contribution >= 0.6 is 12.4 Å². The number of rotatable bonds is 5. The lowest BCUT2D eigenvalue weighted by atomic mass is 10.0. The van der Waals surface area contributed by atoms with E-state index in [0.717, 1.165) is 12.8 Å². The van der Waals surface area contributed by atoms with Gasteiger partial charge in [-0.3, -0.25) is 4.79 Å². The summed E-state index contributed by atoms with van der Waals surface area (Å²) in [4.78, 5) is 11.3. The molecule has 0 atom stereocenters. The summed E-state index contributed by atoms with van der Waals surface area (Å²) in [6.07, 6.45) is 2.07. The van der Waals surface area contributed by atoms with Gasteiger partial charge < -0.3 is 10.5 Å². The Bertz CT molecular complexity index is 162. The van der Waals surface area contributed by atoms with E-state index in [4.69, 9.17) is 10.5 Å². The van der Waals surface area contributed by atoms with Gasteiger partial charge in [0.05, 0.1) is 6.61 Å². The van der Waals surface area contributed by atoms with E-state index in [1.807, 2.05) is 0 Å². The molecule has 0 amide bonds. The fourth-order valence-electron chi connectivity index (χ4n) is 0.904. The summed E-state index contributed by atoms with van der Waals surface area (Å²) < 4.78 is 5.09. The predicted octanol–water partition coefficient (Wildman–Crippen LogP) is 2.12. The van der Waals surface area contributed by atoms with Crippen LogP contribution < -0.4 is 5.73 Å². The molecule has 0 fully saturated rings. The molecule has 0 spiro atoms. The lowest BCUT2D eigenvalue weighted by Crippen LogP contribution is -2.43. The molecule has 14 heavy (non-hydrogen) atoms. The van der Waals surface area contributed by atoms with E-state index in [9.17, 15) is 4.79 Å². The van der Waals surface area contributed by atoms with E-state index in [0.29, 0.717) is 12.5 Å². The Morgan fingerprint density at radius 1 is 1.36 bits per heavy atom. The molecule has 0 saturated carbocycles. The first kappa shape index (κ1) is 16.2. The second-order valence-corrected chi connectivity index (χ2v) is 4.00. The van der Waals surface area contributed by atoms with Crippen LogP contribution in [0, 0.1) is 5.92 Å². The monoisotopic (exact) mass is 223 g/mol. The molecule has 0 aromatic carbocycles. The molecule has 0 heterocycles. The van der Waals surface area contributed by atoms with Gasteiger partial charge in [0.1, 0.15) is 5.54 Å². The number of carbonyl (C=O) groups is 1. The zero-order valence-corrected chi connectivity index (χ0v) is 10.3. The van der Waals surface area contributed by atoms with Crippen LogP contribution in [0.25, 0.3) is 0 Å². The Kier molecular flexibility index (Phi) is 8.16. The molecule has 0 aromatic heterocycles. The molecular weight excluding hydrogens is 202 g/mol. The van der Waals surface area contributed by atoms with Crippen molar-refractivity contribution in [1.29, 1.82) is 0 Å². The van der Waals surface area contributed by atoms with Crippen molar-refractivity contribution < 1.29 is 9.53 Å². The molecule has 0 aliphatic rings. The van der Waals surface area contributed by atoms with E-state index in [-0.39, 0.29) is 18.4 Å². The van der Waals surface area contributed by atoms with Crippen LogP contribution in [0.1, 0.15) is 40.5 Å². The first-order chi connectivity index (χ1) is 5.91. The summed E-state index contributed by atoms with van der Waals surface area (Å²) in [5.74, 6) is 0.144. The van der Waals surface area contributed by atoms with Crippen molar-refractivity contribution in [2.24, 2.45) is 11.7 Å². The average molecular weight is 224 g/mol. The van der Waals surface area contributed by atoms with Crippen LogP contribution in [0.5, 0.6) is 0 Å². The fourth-order valence-corrected chi connectivity index (χ4v) is 0.904. The van der Waals surface area contributed by atoms with Crippen LogP contribution in [-0.2, 0) is 9.53 Å². The predicted molar refractivity (Wildman–Crippen MR) is 60.5 cm³/mol. The van der Waals surface area contributed by atoms with Gasteiger partial charge in [-0.2, -0.15) is 0 Å². The third-order valence-electron chi connectivity index (χ3n) is 2.13. The van der Waals surface area contributed by atoms with Gasteiger partial charge in [-0.05, 0) is 19.8 Å². The molecular formula is C10H22ClNO2. The molecule has 0 aromatic rings.